The lowest BCUT2D eigenvalue weighted by molar-refractivity contribution is -0.183. The summed E-state index contributed by atoms with van der Waals surface area (Å²) in [5.74, 6) is -1.13. The number of alkyl halides is 3. The molecule has 0 aromatic rings. The van der Waals surface area contributed by atoms with Gasteiger partial charge in [0.2, 0.25) is 0 Å². The second-order valence-corrected chi connectivity index (χ2v) is 6.13. The number of hydrogen-bond acceptors (Lipinski definition) is 3. The van der Waals surface area contributed by atoms with E-state index in [4.69, 9.17) is 4.74 Å². The van der Waals surface area contributed by atoms with Gasteiger partial charge in [0.1, 0.15) is 0 Å². The predicted molar refractivity (Wildman–Crippen MR) is 71.6 cm³/mol. The van der Waals surface area contributed by atoms with Crippen LogP contribution in [0.25, 0.3) is 0 Å². The van der Waals surface area contributed by atoms with Gasteiger partial charge in [0, 0.05) is 24.7 Å². The van der Waals surface area contributed by atoms with Gasteiger partial charge < -0.3 is 15.4 Å². The molecule has 20 heavy (non-hydrogen) atoms. The molecule has 118 valence electrons. The van der Waals surface area contributed by atoms with Crippen LogP contribution in [0.2, 0.25) is 0 Å². The van der Waals surface area contributed by atoms with Crippen LogP contribution in [0.15, 0.2) is 0 Å². The first-order valence-electron chi connectivity index (χ1n) is 7.59. The van der Waals surface area contributed by atoms with Gasteiger partial charge in [0.05, 0.1) is 19.1 Å². The van der Waals surface area contributed by atoms with E-state index in [1.165, 1.54) is 0 Å². The van der Waals surface area contributed by atoms with Crippen LogP contribution in [0.3, 0.4) is 0 Å². The molecule has 2 N–H and O–H groups in total. The average molecular weight is 294 g/mol. The summed E-state index contributed by atoms with van der Waals surface area (Å²) in [5, 5.41) is 6.75. The van der Waals surface area contributed by atoms with Crippen molar-refractivity contribution in [3.8, 4) is 0 Å². The first-order valence-corrected chi connectivity index (χ1v) is 7.59. The molecular formula is C14H25F3N2O. The van der Waals surface area contributed by atoms with Crippen molar-refractivity contribution in [1.82, 2.24) is 10.6 Å². The van der Waals surface area contributed by atoms with Crippen LogP contribution in [0.4, 0.5) is 13.2 Å². The van der Waals surface area contributed by atoms with E-state index in [9.17, 15) is 13.2 Å². The highest BCUT2D eigenvalue weighted by molar-refractivity contribution is 4.85. The maximum atomic E-state index is 12.8. The minimum atomic E-state index is -4.04. The normalized spacial score (nSPS) is 33.9. The van der Waals surface area contributed by atoms with Crippen molar-refractivity contribution in [2.75, 3.05) is 19.8 Å². The van der Waals surface area contributed by atoms with Crippen molar-refractivity contribution in [1.29, 1.82) is 0 Å². The maximum Gasteiger partial charge on any atom is 0.391 e. The smallest absolute Gasteiger partial charge is 0.379 e. The zero-order chi connectivity index (χ0) is 14.6. The quantitative estimate of drug-likeness (QED) is 0.835. The lowest BCUT2D eigenvalue weighted by atomic mass is 9.85. The lowest BCUT2D eigenvalue weighted by Gasteiger charge is -2.34. The van der Waals surface area contributed by atoms with Gasteiger partial charge in [-0.05, 0) is 32.6 Å². The fourth-order valence-corrected chi connectivity index (χ4v) is 3.31. The van der Waals surface area contributed by atoms with Crippen LogP contribution in [0.1, 0.15) is 39.0 Å². The number of hydrogen-bond donors (Lipinski definition) is 2. The molecule has 0 aromatic carbocycles. The second-order valence-electron chi connectivity index (χ2n) is 6.13. The largest absolute Gasteiger partial charge is 0.391 e. The fraction of sp³-hybridized carbons (Fsp3) is 1.00. The molecule has 2 rings (SSSR count). The Bertz CT molecular complexity index is 293. The van der Waals surface area contributed by atoms with Crippen LogP contribution in [-0.4, -0.2) is 44.1 Å². The van der Waals surface area contributed by atoms with E-state index in [0.29, 0.717) is 19.1 Å². The summed E-state index contributed by atoms with van der Waals surface area (Å²) in [6, 6.07) is 0.523. The fourth-order valence-electron chi connectivity index (χ4n) is 3.31. The van der Waals surface area contributed by atoms with E-state index in [0.717, 1.165) is 26.0 Å². The SMILES string of the molecule is CC(CC1COCCN1)NC1CCCC(C(F)(F)F)C1. The Morgan fingerprint density at radius 2 is 2.15 bits per heavy atom. The molecule has 4 atom stereocenters. The average Bonchev–Trinajstić information content (AvgIpc) is 2.39. The minimum Gasteiger partial charge on any atom is -0.379 e. The molecule has 4 unspecified atom stereocenters. The lowest BCUT2D eigenvalue weighted by Crippen LogP contribution is -2.48. The highest BCUT2D eigenvalue weighted by atomic mass is 19.4. The predicted octanol–water partition coefficient (Wildman–Crippen LogP) is 2.46. The summed E-state index contributed by atoms with van der Waals surface area (Å²) in [4.78, 5) is 0. The number of rotatable bonds is 4. The molecule has 6 heteroatoms. The van der Waals surface area contributed by atoms with Crippen molar-refractivity contribution in [2.24, 2.45) is 5.92 Å². The summed E-state index contributed by atoms with van der Waals surface area (Å²) in [7, 11) is 0. The topological polar surface area (TPSA) is 33.3 Å². The first kappa shape index (κ1) is 16.0. The Balaban J connectivity index is 1.74. The standard InChI is InChI=1S/C14H25F3N2O/c1-10(7-13-9-20-6-5-18-13)19-12-4-2-3-11(8-12)14(15,16)17/h10-13,18-19H,2-9H2,1H3. The Morgan fingerprint density at radius 3 is 2.80 bits per heavy atom. The Labute approximate surface area is 118 Å². The third-order valence-electron chi connectivity index (χ3n) is 4.29. The third kappa shape index (κ3) is 4.90. The Hall–Kier alpha value is -0.330. The third-order valence-corrected chi connectivity index (χ3v) is 4.29. The van der Waals surface area contributed by atoms with Gasteiger partial charge >= 0.3 is 6.18 Å². The molecule has 2 aliphatic rings. The number of morpholine rings is 1. The monoisotopic (exact) mass is 294 g/mol. The highest BCUT2D eigenvalue weighted by Crippen LogP contribution is 2.37. The minimum absolute atomic E-state index is 0.00474. The molecule has 0 radical (unpaired) electrons. The summed E-state index contributed by atoms with van der Waals surface area (Å²) >= 11 is 0. The molecule has 1 heterocycles. The van der Waals surface area contributed by atoms with Crippen molar-refractivity contribution >= 4 is 0 Å². The van der Waals surface area contributed by atoms with Crippen molar-refractivity contribution in [3.63, 3.8) is 0 Å². The number of ether oxygens (including phenoxy) is 1. The summed E-state index contributed by atoms with van der Waals surface area (Å²) in [6.07, 6.45) is -1.11. The second kappa shape index (κ2) is 7.09. The van der Waals surface area contributed by atoms with E-state index < -0.39 is 12.1 Å². The molecule has 1 aliphatic heterocycles. The zero-order valence-electron chi connectivity index (χ0n) is 12.0. The Kier molecular flexibility index (Phi) is 5.69. The van der Waals surface area contributed by atoms with Gasteiger partial charge in [-0.25, -0.2) is 0 Å². The van der Waals surface area contributed by atoms with Crippen molar-refractivity contribution < 1.29 is 17.9 Å². The molecular weight excluding hydrogens is 269 g/mol. The van der Waals surface area contributed by atoms with Crippen LogP contribution in [0.5, 0.6) is 0 Å². The molecule has 3 nitrogen and oxygen atoms in total. The zero-order valence-corrected chi connectivity index (χ0v) is 12.0. The van der Waals surface area contributed by atoms with Crippen molar-refractivity contribution in [2.45, 2.75) is 63.3 Å². The molecule has 1 aliphatic carbocycles. The van der Waals surface area contributed by atoms with Crippen LogP contribution in [0, 0.1) is 5.92 Å². The van der Waals surface area contributed by atoms with Crippen LogP contribution < -0.4 is 10.6 Å². The highest BCUT2D eigenvalue weighted by Gasteiger charge is 2.42. The molecule has 0 amide bonds. The summed E-state index contributed by atoms with van der Waals surface area (Å²) in [6.45, 7) is 4.35. The van der Waals surface area contributed by atoms with Gasteiger partial charge in [-0.3, -0.25) is 0 Å². The van der Waals surface area contributed by atoms with E-state index in [2.05, 4.69) is 10.6 Å². The number of nitrogens with one attached hydrogen (secondary N) is 2. The molecule has 2 fully saturated rings. The van der Waals surface area contributed by atoms with E-state index >= 15 is 0 Å². The molecule has 0 spiro atoms. The summed E-state index contributed by atoms with van der Waals surface area (Å²) < 4.78 is 43.7. The maximum absolute atomic E-state index is 12.8. The van der Waals surface area contributed by atoms with Crippen LogP contribution >= 0.6 is 0 Å². The molecule has 0 bridgehead atoms. The van der Waals surface area contributed by atoms with Gasteiger partial charge in [0.25, 0.3) is 0 Å². The van der Waals surface area contributed by atoms with Crippen LogP contribution in [-0.2, 0) is 4.74 Å². The number of halogens is 3. The first-order chi connectivity index (χ1) is 9.45. The van der Waals surface area contributed by atoms with Gasteiger partial charge in [0.15, 0.2) is 0 Å². The van der Waals surface area contributed by atoms with E-state index in [-0.39, 0.29) is 24.9 Å². The molecule has 1 saturated heterocycles. The van der Waals surface area contributed by atoms with Gasteiger partial charge in [-0.15, -0.1) is 0 Å². The van der Waals surface area contributed by atoms with E-state index in [1.54, 1.807) is 0 Å². The van der Waals surface area contributed by atoms with Gasteiger partial charge in [-0.2, -0.15) is 13.2 Å². The van der Waals surface area contributed by atoms with Crippen molar-refractivity contribution in [3.05, 3.63) is 0 Å². The Morgan fingerprint density at radius 1 is 1.35 bits per heavy atom. The summed E-state index contributed by atoms with van der Waals surface area (Å²) in [5.41, 5.74) is 0. The molecule has 1 saturated carbocycles. The molecule has 0 aromatic heterocycles. The van der Waals surface area contributed by atoms with E-state index in [1.807, 2.05) is 6.92 Å². The van der Waals surface area contributed by atoms with Gasteiger partial charge in [-0.1, -0.05) is 6.42 Å².